The Kier molecular flexibility index (Phi) is 8.99. The van der Waals surface area contributed by atoms with Crippen molar-refractivity contribution < 1.29 is 98.7 Å². The molecule has 94 valence electrons. The molecule has 0 aliphatic rings. The molecule has 1 aromatic carbocycles. The quantitative estimate of drug-likeness (QED) is 0.519. The molecular formula is C10H4Na2O8. The van der Waals surface area contributed by atoms with Gasteiger partial charge in [0.05, 0.1) is 23.1 Å². The normalized spacial score (nSPS) is 8.80. The van der Waals surface area contributed by atoms with E-state index in [1.165, 1.54) is 0 Å². The molecule has 0 unspecified atom stereocenters. The van der Waals surface area contributed by atoms with Crippen LogP contribution < -0.4 is 69.3 Å². The van der Waals surface area contributed by atoms with Crippen molar-refractivity contribution in [3.05, 3.63) is 34.4 Å². The third-order valence-corrected chi connectivity index (χ3v) is 2.06. The minimum atomic E-state index is -1.94. The van der Waals surface area contributed by atoms with E-state index in [0.29, 0.717) is 12.1 Å². The second kappa shape index (κ2) is 8.40. The van der Waals surface area contributed by atoms with Crippen molar-refractivity contribution in [1.29, 1.82) is 0 Å². The van der Waals surface area contributed by atoms with Gasteiger partial charge in [0.25, 0.3) is 0 Å². The third kappa shape index (κ3) is 4.58. The Balaban J connectivity index is 0. The third-order valence-electron chi connectivity index (χ3n) is 2.06. The number of aromatic carboxylic acids is 4. The SMILES string of the molecule is O=C([O-])c1cc(C(=O)[O-])c(C(=O)O)cc1C(=O)O.[Na+].[Na+]. The second-order valence-electron chi connectivity index (χ2n) is 3.13. The molecule has 0 spiro atoms. The number of benzene rings is 1. The first-order valence-corrected chi connectivity index (χ1v) is 4.33. The van der Waals surface area contributed by atoms with Crippen LogP contribution in [0.3, 0.4) is 0 Å². The molecule has 8 nitrogen and oxygen atoms in total. The number of hydrogen-bond donors (Lipinski definition) is 2. The van der Waals surface area contributed by atoms with E-state index >= 15 is 0 Å². The molecule has 0 fully saturated rings. The molecule has 0 aromatic heterocycles. The van der Waals surface area contributed by atoms with Crippen LogP contribution in [0.5, 0.6) is 0 Å². The van der Waals surface area contributed by atoms with Crippen LogP contribution >= 0.6 is 0 Å². The van der Waals surface area contributed by atoms with Crippen LogP contribution in [0.15, 0.2) is 12.1 Å². The Labute approximate surface area is 156 Å². The second-order valence-corrected chi connectivity index (χ2v) is 3.13. The molecular weight excluding hydrogens is 294 g/mol. The Hall–Kier alpha value is -0.900. The summed E-state index contributed by atoms with van der Waals surface area (Å²) in [7, 11) is 0. The molecule has 0 aliphatic carbocycles. The van der Waals surface area contributed by atoms with Gasteiger partial charge in [-0.2, -0.15) is 0 Å². The monoisotopic (exact) mass is 298 g/mol. The van der Waals surface area contributed by atoms with E-state index in [4.69, 9.17) is 10.2 Å². The van der Waals surface area contributed by atoms with E-state index < -0.39 is 46.1 Å². The number of carboxylic acids is 4. The van der Waals surface area contributed by atoms with Crippen LogP contribution in [-0.4, -0.2) is 34.1 Å². The maximum atomic E-state index is 10.7. The molecule has 0 heterocycles. The van der Waals surface area contributed by atoms with E-state index in [1.807, 2.05) is 0 Å². The predicted octanol–water partition coefficient (Wildman–Crippen LogP) is -8.18. The maximum absolute atomic E-state index is 10.7. The molecule has 0 saturated carbocycles. The summed E-state index contributed by atoms with van der Waals surface area (Å²) in [6.45, 7) is 0. The Morgan fingerprint density at radius 3 is 1.15 bits per heavy atom. The fraction of sp³-hybridized carbons (Fsp3) is 0. The Morgan fingerprint density at radius 1 is 0.700 bits per heavy atom. The van der Waals surface area contributed by atoms with Gasteiger partial charge < -0.3 is 30.0 Å². The topological polar surface area (TPSA) is 155 Å². The first-order valence-electron chi connectivity index (χ1n) is 4.33. The molecule has 0 atom stereocenters. The van der Waals surface area contributed by atoms with Gasteiger partial charge in [-0.15, -0.1) is 0 Å². The van der Waals surface area contributed by atoms with Gasteiger partial charge in [0.15, 0.2) is 0 Å². The summed E-state index contributed by atoms with van der Waals surface area (Å²) in [6, 6.07) is 0.818. The molecule has 10 heteroatoms. The van der Waals surface area contributed by atoms with Crippen LogP contribution in [-0.2, 0) is 0 Å². The standard InChI is InChI=1S/C10H6O8.2Na/c11-7(12)3-1-4(8(13)14)6(10(17)18)2-5(3)9(15)16;;/h1-2H,(H,11,12)(H,13,14)(H,15,16)(H,17,18);;/q;2*+1/p-2. The summed E-state index contributed by atoms with van der Waals surface area (Å²) in [6.07, 6.45) is 0. The summed E-state index contributed by atoms with van der Waals surface area (Å²) in [5, 5.41) is 38.7. The molecule has 1 rings (SSSR count). The minimum absolute atomic E-state index is 0. The Bertz CT molecular complexity index is 483. The predicted molar refractivity (Wildman–Crippen MR) is 49.0 cm³/mol. The van der Waals surface area contributed by atoms with Crippen LogP contribution in [0.2, 0.25) is 0 Å². The molecule has 0 saturated heterocycles. The smallest absolute Gasteiger partial charge is 0.545 e. The van der Waals surface area contributed by atoms with Crippen LogP contribution in [0.1, 0.15) is 41.4 Å². The van der Waals surface area contributed by atoms with Gasteiger partial charge in [0, 0.05) is 11.1 Å². The van der Waals surface area contributed by atoms with Crippen molar-refractivity contribution in [2.45, 2.75) is 0 Å². The zero-order chi connectivity index (χ0) is 14.0. The fourth-order valence-electron chi connectivity index (χ4n) is 1.29. The zero-order valence-corrected chi connectivity index (χ0v) is 14.5. The van der Waals surface area contributed by atoms with Gasteiger partial charge in [0.1, 0.15) is 0 Å². The molecule has 0 amide bonds. The average molecular weight is 298 g/mol. The van der Waals surface area contributed by atoms with Crippen LogP contribution in [0.4, 0.5) is 0 Å². The molecule has 0 aliphatic heterocycles. The molecule has 0 radical (unpaired) electrons. The van der Waals surface area contributed by atoms with Crippen molar-refractivity contribution in [3.63, 3.8) is 0 Å². The summed E-state index contributed by atoms with van der Waals surface area (Å²) in [4.78, 5) is 42.8. The van der Waals surface area contributed by atoms with Gasteiger partial charge in [0.2, 0.25) is 0 Å². The Morgan fingerprint density at radius 2 is 0.950 bits per heavy atom. The number of carbonyl (C=O) groups excluding carboxylic acids is 2. The van der Waals surface area contributed by atoms with Gasteiger partial charge in [-0.1, -0.05) is 0 Å². The van der Waals surface area contributed by atoms with Crippen molar-refractivity contribution in [2.75, 3.05) is 0 Å². The van der Waals surface area contributed by atoms with Gasteiger partial charge >= 0.3 is 71.1 Å². The van der Waals surface area contributed by atoms with Gasteiger partial charge in [-0.25, -0.2) is 9.59 Å². The van der Waals surface area contributed by atoms with Crippen molar-refractivity contribution in [2.24, 2.45) is 0 Å². The number of hydrogen-bond acceptors (Lipinski definition) is 6. The van der Waals surface area contributed by atoms with Crippen molar-refractivity contribution in [3.8, 4) is 0 Å². The first-order chi connectivity index (χ1) is 8.25. The summed E-state index contributed by atoms with van der Waals surface area (Å²) in [5.41, 5.74) is -3.63. The average Bonchev–Trinajstić information content (AvgIpc) is 2.26. The van der Waals surface area contributed by atoms with E-state index in [2.05, 4.69) is 0 Å². The van der Waals surface area contributed by atoms with E-state index in [-0.39, 0.29) is 59.1 Å². The van der Waals surface area contributed by atoms with Crippen LogP contribution in [0.25, 0.3) is 0 Å². The molecule has 0 bridgehead atoms. The van der Waals surface area contributed by atoms with Crippen LogP contribution in [0, 0.1) is 0 Å². The molecule has 1 aromatic rings. The fourth-order valence-corrected chi connectivity index (χ4v) is 1.29. The van der Waals surface area contributed by atoms with E-state index in [1.54, 1.807) is 0 Å². The number of rotatable bonds is 4. The van der Waals surface area contributed by atoms with Crippen molar-refractivity contribution in [1.82, 2.24) is 0 Å². The van der Waals surface area contributed by atoms with E-state index in [9.17, 15) is 29.4 Å². The minimum Gasteiger partial charge on any atom is -0.545 e. The summed E-state index contributed by atoms with van der Waals surface area (Å²) < 4.78 is 0. The number of carbonyl (C=O) groups is 4. The van der Waals surface area contributed by atoms with E-state index in [0.717, 1.165) is 0 Å². The maximum Gasteiger partial charge on any atom is 1.00 e. The largest absolute Gasteiger partial charge is 1.00 e. The van der Waals surface area contributed by atoms with Gasteiger partial charge in [-0.05, 0) is 12.1 Å². The zero-order valence-electron chi connectivity index (χ0n) is 10.5. The van der Waals surface area contributed by atoms with Gasteiger partial charge in [-0.3, -0.25) is 0 Å². The molecule has 2 N–H and O–H groups in total. The summed E-state index contributed by atoms with van der Waals surface area (Å²) in [5.74, 6) is -7.32. The number of carboxylic acid groups (broad SMARTS) is 4. The first kappa shape index (κ1) is 21.4. The molecule has 20 heavy (non-hydrogen) atoms. The van der Waals surface area contributed by atoms with Crippen molar-refractivity contribution >= 4 is 23.9 Å². The summed E-state index contributed by atoms with van der Waals surface area (Å²) >= 11 is 0.